The highest BCUT2D eigenvalue weighted by atomic mass is 16.5. The molecule has 0 aliphatic heterocycles. The van der Waals surface area contributed by atoms with Crippen molar-refractivity contribution in [3.63, 3.8) is 0 Å². The number of phenols is 1. The molecule has 0 heterocycles. The van der Waals surface area contributed by atoms with Gasteiger partial charge in [-0.15, -0.1) is 0 Å². The van der Waals surface area contributed by atoms with Crippen LogP contribution in [0.3, 0.4) is 0 Å². The molecule has 0 bridgehead atoms. The third-order valence-electron chi connectivity index (χ3n) is 3.97. The second-order valence-corrected chi connectivity index (χ2v) is 6.00. The van der Waals surface area contributed by atoms with Crippen molar-refractivity contribution >= 4 is 11.9 Å². The zero-order chi connectivity index (χ0) is 18.9. The fraction of sp³-hybridized carbons (Fsp3) is 0.174. The molecule has 4 heteroatoms. The van der Waals surface area contributed by atoms with Crippen molar-refractivity contribution in [3.05, 3.63) is 83.9 Å². The maximum absolute atomic E-state index is 9.33. The summed E-state index contributed by atoms with van der Waals surface area (Å²) in [7, 11) is 0. The van der Waals surface area contributed by atoms with Crippen molar-refractivity contribution < 1.29 is 14.6 Å². The molecule has 138 valence electrons. The predicted molar refractivity (Wildman–Crippen MR) is 109 cm³/mol. The van der Waals surface area contributed by atoms with Crippen LogP contribution in [0.2, 0.25) is 0 Å². The lowest BCUT2D eigenvalue weighted by atomic mass is 10.2. The number of hydrogen-bond donors (Lipinski definition) is 1. The minimum Gasteiger partial charge on any atom is -0.508 e. The second-order valence-electron chi connectivity index (χ2n) is 6.00. The fourth-order valence-electron chi connectivity index (χ4n) is 2.60. The van der Waals surface area contributed by atoms with Crippen LogP contribution in [0.15, 0.2) is 77.8 Å². The van der Waals surface area contributed by atoms with Crippen molar-refractivity contribution in [2.24, 2.45) is 4.99 Å². The van der Waals surface area contributed by atoms with Gasteiger partial charge in [-0.3, -0.25) is 4.99 Å². The number of aliphatic imine (C=N–C) groups is 1. The first-order valence-electron chi connectivity index (χ1n) is 9.01. The molecule has 3 aromatic rings. The van der Waals surface area contributed by atoms with Crippen LogP contribution in [-0.4, -0.2) is 24.5 Å². The van der Waals surface area contributed by atoms with Crippen LogP contribution in [-0.2, 0) is 6.42 Å². The number of aromatic hydroxyl groups is 1. The monoisotopic (exact) mass is 361 g/mol. The molecule has 0 unspecified atom stereocenters. The third kappa shape index (κ3) is 5.61. The van der Waals surface area contributed by atoms with E-state index in [4.69, 9.17) is 9.47 Å². The molecular weight excluding hydrogens is 338 g/mol. The fourth-order valence-corrected chi connectivity index (χ4v) is 2.60. The zero-order valence-corrected chi connectivity index (χ0v) is 15.3. The number of phenolic OH excluding ortho intramolecular Hbond substituents is 1. The lowest BCUT2D eigenvalue weighted by Gasteiger charge is -2.12. The van der Waals surface area contributed by atoms with E-state index in [1.165, 1.54) is 5.56 Å². The van der Waals surface area contributed by atoms with Crippen molar-refractivity contribution in [3.8, 4) is 17.2 Å². The van der Waals surface area contributed by atoms with Gasteiger partial charge >= 0.3 is 0 Å². The van der Waals surface area contributed by atoms with E-state index in [1.807, 2.05) is 43.3 Å². The van der Waals surface area contributed by atoms with Crippen LogP contribution in [0, 0.1) is 0 Å². The van der Waals surface area contributed by atoms with Crippen LogP contribution in [0.1, 0.15) is 18.1 Å². The Hall–Kier alpha value is -3.27. The zero-order valence-electron chi connectivity index (χ0n) is 15.3. The number of benzene rings is 3. The Morgan fingerprint density at radius 1 is 0.889 bits per heavy atom. The van der Waals surface area contributed by atoms with E-state index >= 15 is 0 Å². The summed E-state index contributed by atoms with van der Waals surface area (Å²) in [6.07, 6.45) is 2.61. The van der Waals surface area contributed by atoms with Gasteiger partial charge in [0.1, 0.15) is 5.75 Å². The Morgan fingerprint density at radius 3 is 2.41 bits per heavy atom. The third-order valence-corrected chi connectivity index (χ3v) is 3.97. The smallest absolute Gasteiger partial charge is 0.161 e. The molecule has 1 N–H and O–H groups in total. The predicted octanol–water partition coefficient (Wildman–Crippen LogP) is 5.16. The maximum Gasteiger partial charge on any atom is 0.161 e. The minimum absolute atomic E-state index is 0.226. The van der Waals surface area contributed by atoms with Crippen LogP contribution >= 0.6 is 0 Å². The summed E-state index contributed by atoms with van der Waals surface area (Å²) in [6.45, 7) is 3.10. The van der Waals surface area contributed by atoms with Crippen molar-refractivity contribution in [2.45, 2.75) is 13.3 Å². The Morgan fingerprint density at radius 2 is 1.67 bits per heavy atom. The van der Waals surface area contributed by atoms with E-state index in [0.717, 1.165) is 23.4 Å². The molecule has 27 heavy (non-hydrogen) atoms. The van der Waals surface area contributed by atoms with E-state index in [0.29, 0.717) is 19.0 Å². The first-order chi connectivity index (χ1) is 13.2. The summed E-state index contributed by atoms with van der Waals surface area (Å²) in [6, 6.07) is 22.8. The lowest BCUT2D eigenvalue weighted by molar-refractivity contribution is 0.279. The molecule has 0 aliphatic rings. The number of rotatable bonds is 8. The average molecular weight is 361 g/mol. The lowest BCUT2D eigenvalue weighted by Crippen LogP contribution is -2.04. The van der Waals surface area contributed by atoms with E-state index in [9.17, 15) is 5.11 Å². The quantitative estimate of drug-likeness (QED) is 0.564. The Bertz CT molecular complexity index is 874. The van der Waals surface area contributed by atoms with Crippen LogP contribution in [0.5, 0.6) is 17.2 Å². The number of ether oxygens (including phenoxy) is 2. The van der Waals surface area contributed by atoms with E-state index < -0.39 is 0 Å². The van der Waals surface area contributed by atoms with Gasteiger partial charge in [-0.1, -0.05) is 30.3 Å². The highest BCUT2D eigenvalue weighted by molar-refractivity contribution is 5.83. The SMILES string of the molecule is CCOc1cc(C=Nc2ccc(O)cc2)ccc1OCCc1ccccc1. The van der Waals surface area contributed by atoms with Gasteiger partial charge in [0.25, 0.3) is 0 Å². The van der Waals surface area contributed by atoms with Gasteiger partial charge in [0.2, 0.25) is 0 Å². The Balaban J connectivity index is 1.67. The van der Waals surface area contributed by atoms with E-state index in [1.54, 1.807) is 30.5 Å². The molecular formula is C23H23NO3. The highest BCUT2D eigenvalue weighted by Gasteiger charge is 2.06. The van der Waals surface area contributed by atoms with Crippen LogP contribution < -0.4 is 9.47 Å². The molecule has 0 aliphatic carbocycles. The Labute approximate surface area is 159 Å². The van der Waals surface area contributed by atoms with Gasteiger partial charge in [-0.25, -0.2) is 0 Å². The standard InChI is InChI=1S/C23H23NO3/c1-2-26-23-16-19(17-24-20-9-11-21(25)12-10-20)8-13-22(23)27-15-14-18-6-4-3-5-7-18/h3-13,16-17,25H,2,14-15H2,1H3. The summed E-state index contributed by atoms with van der Waals surface area (Å²) in [5.74, 6) is 1.67. The molecule has 0 fully saturated rings. The molecule has 0 aromatic heterocycles. The van der Waals surface area contributed by atoms with Crippen molar-refractivity contribution in [1.82, 2.24) is 0 Å². The molecule has 0 saturated heterocycles. The summed E-state index contributed by atoms with van der Waals surface area (Å²) in [5.41, 5.74) is 2.93. The van der Waals surface area contributed by atoms with Gasteiger partial charge in [0, 0.05) is 12.6 Å². The van der Waals surface area contributed by atoms with Crippen molar-refractivity contribution in [2.75, 3.05) is 13.2 Å². The van der Waals surface area contributed by atoms with E-state index in [-0.39, 0.29) is 5.75 Å². The van der Waals surface area contributed by atoms with Gasteiger partial charge in [0.05, 0.1) is 18.9 Å². The summed E-state index contributed by atoms with van der Waals surface area (Å²) < 4.78 is 11.7. The second kappa shape index (κ2) is 9.43. The number of hydrogen-bond acceptors (Lipinski definition) is 4. The van der Waals surface area contributed by atoms with Gasteiger partial charge in [-0.05, 0) is 60.5 Å². The normalized spacial score (nSPS) is 10.9. The topological polar surface area (TPSA) is 51.0 Å². The average Bonchev–Trinajstić information content (AvgIpc) is 2.70. The van der Waals surface area contributed by atoms with Crippen LogP contribution in [0.25, 0.3) is 0 Å². The molecule has 0 spiro atoms. The van der Waals surface area contributed by atoms with Gasteiger partial charge in [0.15, 0.2) is 11.5 Å². The number of nitrogens with zero attached hydrogens (tertiary/aromatic N) is 1. The van der Waals surface area contributed by atoms with Gasteiger partial charge < -0.3 is 14.6 Å². The van der Waals surface area contributed by atoms with Gasteiger partial charge in [-0.2, -0.15) is 0 Å². The first-order valence-corrected chi connectivity index (χ1v) is 9.01. The molecule has 0 atom stereocenters. The largest absolute Gasteiger partial charge is 0.508 e. The summed E-state index contributed by atoms with van der Waals surface area (Å²) >= 11 is 0. The first kappa shape index (κ1) is 18.5. The minimum atomic E-state index is 0.226. The molecule has 4 nitrogen and oxygen atoms in total. The highest BCUT2D eigenvalue weighted by Crippen LogP contribution is 2.28. The molecule has 3 aromatic carbocycles. The van der Waals surface area contributed by atoms with Crippen LogP contribution in [0.4, 0.5) is 5.69 Å². The molecule has 0 saturated carbocycles. The molecule has 0 radical (unpaired) electrons. The van der Waals surface area contributed by atoms with E-state index in [2.05, 4.69) is 17.1 Å². The van der Waals surface area contributed by atoms with Crippen molar-refractivity contribution in [1.29, 1.82) is 0 Å². The Kier molecular flexibility index (Phi) is 6.47. The molecule has 3 rings (SSSR count). The maximum atomic E-state index is 9.33. The molecule has 0 amide bonds. The summed E-state index contributed by atoms with van der Waals surface area (Å²) in [5, 5.41) is 9.33. The summed E-state index contributed by atoms with van der Waals surface area (Å²) in [4.78, 5) is 4.42.